The predicted molar refractivity (Wildman–Crippen MR) is 134 cm³/mol. The van der Waals surface area contributed by atoms with E-state index < -0.39 is 5.82 Å². The number of benzene rings is 1. The van der Waals surface area contributed by atoms with Crippen LogP contribution in [0, 0.1) is 5.82 Å². The number of nitrogens with zero attached hydrogens (tertiary/aromatic N) is 2. The highest BCUT2D eigenvalue weighted by Gasteiger charge is 2.08. The van der Waals surface area contributed by atoms with Crippen molar-refractivity contribution in [3.8, 4) is 0 Å². The summed E-state index contributed by atoms with van der Waals surface area (Å²) in [5.41, 5.74) is 1.93. The Kier molecular flexibility index (Phi) is 11.6. The maximum absolute atomic E-state index is 13.4. The minimum atomic E-state index is -0.497. The molecule has 0 spiro atoms. The van der Waals surface area contributed by atoms with Crippen LogP contribution in [0.2, 0.25) is 5.02 Å². The number of ether oxygens (including phenoxy) is 1. The summed E-state index contributed by atoms with van der Waals surface area (Å²) in [7, 11) is 0. The van der Waals surface area contributed by atoms with E-state index in [-0.39, 0.29) is 10.9 Å². The fourth-order valence-corrected chi connectivity index (χ4v) is 3.30. The van der Waals surface area contributed by atoms with Crippen LogP contribution in [0.1, 0.15) is 26.7 Å². The minimum absolute atomic E-state index is 0.00919. The van der Waals surface area contributed by atoms with Gasteiger partial charge in [0.2, 0.25) is 5.91 Å². The maximum atomic E-state index is 13.4. The number of hydrogen-bond acceptors (Lipinski definition) is 5. The number of amides is 1. The van der Waals surface area contributed by atoms with Gasteiger partial charge in [-0.15, -0.1) is 0 Å². The number of carbonyl (C=O) groups is 1. The van der Waals surface area contributed by atoms with Gasteiger partial charge in [-0.2, -0.15) is 0 Å². The van der Waals surface area contributed by atoms with Crippen LogP contribution in [0.15, 0.2) is 70.7 Å². The third-order valence-corrected chi connectivity index (χ3v) is 5.12. The summed E-state index contributed by atoms with van der Waals surface area (Å²) in [6, 6.07) is 4.31. The van der Waals surface area contributed by atoms with Gasteiger partial charge in [0.1, 0.15) is 11.6 Å². The number of carbonyl (C=O) groups excluding carboxylic acids is 1. The number of nitrogens with one attached hydrogen (secondary N) is 2. The zero-order chi connectivity index (χ0) is 24.1. The standard InChI is InChI=1S/C25H32ClFN4O2/c1-4-5-8-20(29-24(32)9-6-12-31-13-7-15-33-16-14-31)17-19(2)25(28-3)30-21-10-11-23(27)22(26)18-21/h5-6,8-11,17-18,30H,3-4,7,12-16H2,1-2H3,(H,29,32)/b8-5?,9-6+,20-17+,25-19-. The first-order valence-corrected chi connectivity index (χ1v) is 11.4. The number of aliphatic imine (C=N–C) groups is 1. The summed E-state index contributed by atoms with van der Waals surface area (Å²) in [5, 5.41) is 5.99. The first-order valence-electron chi connectivity index (χ1n) is 11.0. The summed E-state index contributed by atoms with van der Waals surface area (Å²) in [4.78, 5) is 18.8. The van der Waals surface area contributed by atoms with E-state index in [1.165, 1.54) is 12.1 Å². The van der Waals surface area contributed by atoms with Gasteiger partial charge in [0, 0.05) is 43.7 Å². The van der Waals surface area contributed by atoms with Crippen LogP contribution in [0.25, 0.3) is 0 Å². The lowest BCUT2D eigenvalue weighted by Gasteiger charge is -2.16. The molecule has 0 aliphatic carbocycles. The van der Waals surface area contributed by atoms with E-state index in [9.17, 15) is 9.18 Å². The van der Waals surface area contributed by atoms with Crippen LogP contribution >= 0.6 is 11.6 Å². The quantitative estimate of drug-likeness (QED) is 0.282. The molecular weight excluding hydrogens is 443 g/mol. The van der Waals surface area contributed by atoms with Crippen molar-refractivity contribution in [1.29, 1.82) is 0 Å². The number of hydrogen-bond donors (Lipinski definition) is 2. The molecule has 1 aromatic carbocycles. The van der Waals surface area contributed by atoms with E-state index in [1.54, 1.807) is 18.2 Å². The molecule has 8 heteroatoms. The number of halogens is 2. The Morgan fingerprint density at radius 1 is 1.30 bits per heavy atom. The van der Waals surface area contributed by atoms with Crippen molar-refractivity contribution >= 4 is 29.9 Å². The summed E-state index contributed by atoms with van der Waals surface area (Å²) < 4.78 is 18.9. The van der Waals surface area contributed by atoms with Gasteiger partial charge in [0.05, 0.1) is 11.6 Å². The molecule has 0 aromatic heterocycles. The third-order valence-electron chi connectivity index (χ3n) is 4.83. The van der Waals surface area contributed by atoms with Gasteiger partial charge in [-0.05, 0) is 62.4 Å². The van der Waals surface area contributed by atoms with Gasteiger partial charge in [-0.1, -0.05) is 30.7 Å². The molecule has 6 nitrogen and oxygen atoms in total. The molecule has 1 fully saturated rings. The van der Waals surface area contributed by atoms with E-state index in [1.807, 2.05) is 32.1 Å². The molecular formula is C25H32ClFN4O2. The van der Waals surface area contributed by atoms with E-state index >= 15 is 0 Å². The van der Waals surface area contributed by atoms with Gasteiger partial charge in [0.15, 0.2) is 0 Å². The second-order valence-corrected chi connectivity index (χ2v) is 7.92. The maximum Gasteiger partial charge on any atom is 0.248 e. The molecule has 0 unspecified atom stereocenters. The first kappa shape index (κ1) is 26.5. The average molecular weight is 475 g/mol. The monoisotopic (exact) mass is 474 g/mol. The molecule has 2 rings (SSSR count). The molecule has 1 saturated heterocycles. The molecule has 1 aliphatic rings. The van der Waals surface area contributed by atoms with Crippen molar-refractivity contribution in [2.75, 3.05) is 38.2 Å². The van der Waals surface area contributed by atoms with Crippen molar-refractivity contribution in [2.45, 2.75) is 26.7 Å². The molecule has 178 valence electrons. The molecule has 2 N–H and O–H groups in total. The van der Waals surface area contributed by atoms with Crippen molar-refractivity contribution < 1.29 is 13.9 Å². The fraction of sp³-hybridized carbons (Fsp3) is 0.360. The Balaban J connectivity index is 2.10. The molecule has 0 radical (unpaired) electrons. The van der Waals surface area contributed by atoms with Gasteiger partial charge >= 0.3 is 0 Å². The molecule has 0 atom stereocenters. The van der Waals surface area contributed by atoms with Crippen molar-refractivity contribution in [1.82, 2.24) is 10.2 Å². The Morgan fingerprint density at radius 3 is 2.85 bits per heavy atom. The Hall–Kier alpha value is -2.74. The fourth-order valence-electron chi connectivity index (χ4n) is 3.12. The van der Waals surface area contributed by atoms with Crippen LogP contribution in [0.3, 0.4) is 0 Å². The number of anilines is 1. The molecule has 1 heterocycles. The number of rotatable bonds is 10. The topological polar surface area (TPSA) is 66.0 Å². The largest absolute Gasteiger partial charge is 0.380 e. The zero-order valence-electron chi connectivity index (χ0n) is 19.2. The lowest BCUT2D eigenvalue weighted by Crippen LogP contribution is -2.27. The summed E-state index contributed by atoms with van der Waals surface area (Å²) >= 11 is 5.86. The number of allylic oxidation sites excluding steroid dienone is 4. The van der Waals surface area contributed by atoms with Crippen LogP contribution in [0.4, 0.5) is 10.1 Å². The molecule has 1 aliphatic heterocycles. The lowest BCUT2D eigenvalue weighted by molar-refractivity contribution is -0.115. The van der Waals surface area contributed by atoms with Crippen LogP contribution in [0.5, 0.6) is 0 Å². The summed E-state index contributed by atoms with van der Waals surface area (Å²) in [6.07, 6.45) is 10.8. The second-order valence-electron chi connectivity index (χ2n) is 7.51. The minimum Gasteiger partial charge on any atom is -0.380 e. The molecule has 1 amide bonds. The van der Waals surface area contributed by atoms with E-state index in [4.69, 9.17) is 16.3 Å². The van der Waals surface area contributed by atoms with E-state index in [2.05, 4.69) is 27.2 Å². The van der Waals surface area contributed by atoms with Crippen LogP contribution in [-0.4, -0.2) is 50.4 Å². The van der Waals surface area contributed by atoms with Crippen molar-refractivity contribution in [3.05, 3.63) is 76.5 Å². The summed E-state index contributed by atoms with van der Waals surface area (Å²) in [5.74, 6) is -0.247. The molecule has 0 saturated carbocycles. The van der Waals surface area contributed by atoms with E-state index in [0.717, 1.165) is 44.7 Å². The average Bonchev–Trinajstić information content (AvgIpc) is 3.07. The highest BCUT2D eigenvalue weighted by Crippen LogP contribution is 2.22. The van der Waals surface area contributed by atoms with Gasteiger partial charge in [-0.25, -0.2) is 9.38 Å². The smallest absolute Gasteiger partial charge is 0.248 e. The normalized spacial score (nSPS) is 16.5. The van der Waals surface area contributed by atoms with Crippen molar-refractivity contribution in [2.24, 2.45) is 4.99 Å². The van der Waals surface area contributed by atoms with Gasteiger partial charge in [-0.3, -0.25) is 9.69 Å². The molecule has 1 aromatic rings. The predicted octanol–water partition coefficient (Wildman–Crippen LogP) is 5.07. The van der Waals surface area contributed by atoms with Gasteiger partial charge in [0.25, 0.3) is 0 Å². The Labute approximate surface area is 200 Å². The SMILES string of the molecule is C=N/C(Nc1ccc(F)c(Cl)c1)=C(C)/C=C(\C=CCC)NC(=O)/C=C/CN1CCCOCC1. The van der Waals surface area contributed by atoms with Crippen LogP contribution < -0.4 is 10.6 Å². The molecule has 0 bridgehead atoms. The molecule has 33 heavy (non-hydrogen) atoms. The lowest BCUT2D eigenvalue weighted by atomic mass is 10.2. The summed E-state index contributed by atoms with van der Waals surface area (Å²) in [6.45, 7) is 11.5. The highest BCUT2D eigenvalue weighted by atomic mass is 35.5. The Morgan fingerprint density at radius 2 is 2.12 bits per heavy atom. The van der Waals surface area contributed by atoms with Gasteiger partial charge < -0.3 is 15.4 Å². The first-order chi connectivity index (χ1) is 15.9. The third kappa shape index (κ3) is 9.74. The van der Waals surface area contributed by atoms with E-state index in [0.29, 0.717) is 23.8 Å². The van der Waals surface area contributed by atoms with Crippen molar-refractivity contribution in [3.63, 3.8) is 0 Å². The Bertz CT molecular complexity index is 932. The highest BCUT2D eigenvalue weighted by molar-refractivity contribution is 6.31. The second kappa shape index (κ2) is 14.4. The zero-order valence-corrected chi connectivity index (χ0v) is 20.0. The van der Waals surface area contributed by atoms with Crippen LogP contribution in [-0.2, 0) is 9.53 Å².